The molecule has 0 aliphatic carbocycles. The molecule has 0 fully saturated rings. The van der Waals surface area contributed by atoms with Crippen molar-refractivity contribution in [3.05, 3.63) is 0 Å². The number of methoxy groups -OCH3 is 1. The highest BCUT2D eigenvalue weighted by atomic mass is 16.5. The lowest BCUT2D eigenvalue weighted by Crippen LogP contribution is -2.12. The van der Waals surface area contributed by atoms with E-state index < -0.39 is 6.10 Å². The van der Waals surface area contributed by atoms with Crippen LogP contribution in [0.4, 0.5) is 0 Å². The normalized spacial score (nSPS) is 12.6. The zero-order chi connectivity index (χ0) is 6.41. The Balaban J connectivity index is 3.08. The van der Waals surface area contributed by atoms with Gasteiger partial charge in [-0.1, -0.05) is 0 Å². The molecule has 0 heterocycles. The monoisotopic (exact) mass is 114 g/mol. The lowest BCUT2D eigenvalue weighted by Gasteiger charge is -2.02. The molecule has 0 unspecified atom stereocenters. The van der Waals surface area contributed by atoms with Gasteiger partial charge in [-0.25, -0.2) is 0 Å². The first-order chi connectivity index (χ1) is 3.81. The van der Waals surface area contributed by atoms with Gasteiger partial charge in [-0.3, -0.25) is 0 Å². The molecule has 0 aliphatic rings. The van der Waals surface area contributed by atoms with Crippen LogP contribution in [0.15, 0.2) is 0 Å². The topological polar surface area (TPSA) is 29.5 Å². The summed E-state index contributed by atoms with van der Waals surface area (Å²) in [5.74, 6) is 2.32. The highest BCUT2D eigenvalue weighted by molar-refractivity contribution is 4.86. The number of aliphatic hydroxyl groups excluding tert-OH is 1. The molecule has 0 saturated carbocycles. The standard InChI is InChI=1S/C6H10O2/c1-3-4-6(7)5-8-2/h1,6-7H,4-5H2,2H3/t6-/m1/s1. The third-order valence-electron chi connectivity index (χ3n) is 0.713. The number of rotatable bonds is 3. The number of hydrogen-bond acceptors (Lipinski definition) is 2. The minimum Gasteiger partial charge on any atom is -0.390 e. The summed E-state index contributed by atoms with van der Waals surface area (Å²) in [6.07, 6.45) is 4.77. The molecule has 0 aromatic rings. The summed E-state index contributed by atoms with van der Waals surface area (Å²) in [6, 6.07) is 0. The summed E-state index contributed by atoms with van der Waals surface area (Å²) in [5, 5.41) is 8.78. The molecule has 0 aliphatic heterocycles. The molecule has 0 bridgehead atoms. The van der Waals surface area contributed by atoms with E-state index in [1.54, 1.807) is 0 Å². The second-order valence-corrected chi connectivity index (χ2v) is 1.52. The van der Waals surface area contributed by atoms with Crippen LogP contribution < -0.4 is 0 Å². The Bertz CT molecular complexity index is 83.0. The Morgan fingerprint density at radius 3 is 2.88 bits per heavy atom. The minimum absolute atomic E-state index is 0.324. The predicted molar refractivity (Wildman–Crippen MR) is 31.3 cm³/mol. The van der Waals surface area contributed by atoms with Gasteiger partial charge in [-0.15, -0.1) is 12.3 Å². The Labute approximate surface area is 49.5 Å². The first kappa shape index (κ1) is 7.48. The number of terminal acetylenes is 1. The van der Waals surface area contributed by atoms with Crippen LogP contribution in [-0.4, -0.2) is 24.9 Å². The van der Waals surface area contributed by atoms with E-state index in [1.165, 1.54) is 7.11 Å². The fraction of sp³-hybridized carbons (Fsp3) is 0.667. The first-order valence-electron chi connectivity index (χ1n) is 2.41. The van der Waals surface area contributed by atoms with Crippen molar-refractivity contribution in [2.75, 3.05) is 13.7 Å². The lowest BCUT2D eigenvalue weighted by atomic mass is 10.3. The van der Waals surface area contributed by atoms with E-state index in [0.29, 0.717) is 13.0 Å². The Morgan fingerprint density at radius 1 is 1.88 bits per heavy atom. The molecular weight excluding hydrogens is 104 g/mol. The second kappa shape index (κ2) is 4.63. The van der Waals surface area contributed by atoms with Crippen LogP contribution in [0.3, 0.4) is 0 Å². The van der Waals surface area contributed by atoms with Gasteiger partial charge in [0.25, 0.3) is 0 Å². The summed E-state index contributed by atoms with van der Waals surface area (Å²) < 4.78 is 4.61. The van der Waals surface area contributed by atoms with Crippen molar-refractivity contribution < 1.29 is 9.84 Å². The van der Waals surface area contributed by atoms with E-state index >= 15 is 0 Å². The molecule has 0 radical (unpaired) electrons. The van der Waals surface area contributed by atoms with Gasteiger partial charge >= 0.3 is 0 Å². The van der Waals surface area contributed by atoms with Crippen LogP contribution >= 0.6 is 0 Å². The zero-order valence-corrected chi connectivity index (χ0v) is 4.92. The van der Waals surface area contributed by atoms with Crippen molar-refractivity contribution in [3.63, 3.8) is 0 Å². The largest absolute Gasteiger partial charge is 0.390 e. The predicted octanol–water partition coefficient (Wildman–Crippen LogP) is 0.0170. The molecule has 2 heteroatoms. The van der Waals surface area contributed by atoms with Crippen molar-refractivity contribution >= 4 is 0 Å². The second-order valence-electron chi connectivity index (χ2n) is 1.52. The Morgan fingerprint density at radius 2 is 2.50 bits per heavy atom. The maximum atomic E-state index is 8.78. The van der Waals surface area contributed by atoms with Crippen LogP contribution in [0.1, 0.15) is 6.42 Å². The van der Waals surface area contributed by atoms with Gasteiger partial charge in [0, 0.05) is 13.5 Å². The van der Waals surface area contributed by atoms with Gasteiger partial charge < -0.3 is 9.84 Å². The number of hydrogen-bond donors (Lipinski definition) is 1. The number of ether oxygens (including phenoxy) is 1. The molecule has 0 spiro atoms. The quantitative estimate of drug-likeness (QED) is 0.524. The van der Waals surface area contributed by atoms with Gasteiger partial charge in [-0.2, -0.15) is 0 Å². The molecule has 2 nitrogen and oxygen atoms in total. The molecule has 0 amide bonds. The molecule has 0 aromatic carbocycles. The van der Waals surface area contributed by atoms with Crippen LogP contribution in [0, 0.1) is 12.3 Å². The Kier molecular flexibility index (Phi) is 4.33. The minimum atomic E-state index is -0.495. The average Bonchev–Trinajstić information content (AvgIpc) is 1.68. The fourth-order valence-corrected chi connectivity index (χ4v) is 0.387. The van der Waals surface area contributed by atoms with E-state index in [-0.39, 0.29) is 0 Å². The van der Waals surface area contributed by atoms with E-state index in [4.69, 9.17) is 11.5 Å². The molecule has 1 atom stereocenters. The van der Waals surface area contributed by atoms with Crippen molar-refractivity contribution in [1.29, 1.82) is 0 Å². The SMILES string of the molecule is C#CC[C@@H](O)COC. The molecule has 1 N–H and O–H groups in total. The Hall–Kier alpha value is -0.520. The summed E-state index contributed by atoms with van der Waals surface area (Å²) in [7, 11) is 1.53. The summed E-state index contributed by atoms with van der Waals surface area (Å²) in [6.45, 7) is 0.324. The molecule has 0 saturated heterocycles. The summed E-state index contributed by atoms with van der Waals surface area (Å²) >= 11 is 0. The third kappa shape index (κ3) is 3.66. The number of aliphatic hydroxyl groups is 1. The summed E-state index contributed by atoms with van der Waals surface area (Å²) in [4.78, 5) is 0. The van der Waals surface area contributed by atoms with Crippen LogP contribution in [0.5, 0.6) is 0 Å². The van der Waals surface area contributed by atoms with Gasteiger partial charge in [-0.05, 0) is 0 Å². The van der Waals surface area contributed by atoms with E-state index in [1.807, 2.05) is 0 Å². The van der Waals surface area contributed by atoms with Crippen molar-refractivity contribution in [2.45, 2.75) is 12.5 Å². The highest BCUT2D eigenvalue weighted by Gasteiger charge is 1.97. The van der Waals surface area contributed by atoms with Crippen LogP contribution in [-0.2, 0) is 4.74 Å². The highest BCUT2D eigenvalue weighted by Crippen LogP contribution is 1.87. The summed E-state index contributed by atoms with van der Waals surface area (Å²) in [5.41, 5.74) is 0. The van der Waals surface area contributed by atoms with Crippen molar-refractivity contribution in [1.82, 2.24) is 0 Å². The zero-order valence-electron chi connectivity index (χ0n) is 4.92. The van der Waals surface area contributed by atoms with Gasteiger partial charge in [0.1, 0.15) is 0 Å². The van der Waals surface area contributed by atoms with Crippen LogP contribution in [0.2, 0.25) is 0 Å². The first-order valence-corrected chi connectivity index (χ1v) is 2.41. The van der Waals surface area contributed by atoms with Crippen molar-refractivity contribution in [2.24, 2.45) is 0 Å². The smallest absolute Gasteiger partial charge is 0.0882 e. The van der Waals surface area contributed by atoms with Gasteiger partial charge in [0.15, 0.2) is 0 Å². The third-order valence-corrected chi connectivity index (χ3v) is 0.713. The molecule has 0 rings (SSSR count). The van der Waals surface area contributed by atoms with Gasteiger partial charge in [0.05, 0.1) is 12.7 Å². The van der Waals surface area contributed by atoms with E-state index in [2.05, 4.69) is 10.7 Å². The maximum Gasteiger partial charge on any atom is 0.0882 e. The van der Waals surface area contributed by atoms with E-state index in [0.717, 1.165) is 0 Å². The molecule has 46 valence electrons. The fourth-order valence-electron chi connectivity index (χ4n) is 0.387. The maximum absolute atomic E-state index is 8.78. The van der Waals surface area contributed by atoms with Crippen LogP contribution in [0.25, 0.3) is 0 Å². The molecule has 8 heavy (non-hydrogen) atoms. The molecule has 0 aromatic heterocycles. The average molecular weight is 114 g/mol. The molecular formula is C6H10O2. The van der Waals surface area contributed by atoms with E-state index in [9.17, 15) is 0 Å². The van der Waals surface area contributed by atoms with Crippen molar-refractivity contribution in [3.8, 4) is 12.3 Å². The van der Waals surface area contributed by atoms with Gasteiger partial charge in [0.2, 0.25) is 0 Å². The lowest BCUT2D eigenvalue weighted by molar-refractivity contribution is 0.0680.